The highest BCUT2D eigenvalue weighted by atomic mass is 32.2. The van der Waals surface area contributed by atoms with E-state index in [1.807, 2.05) is 24.4 Å². The molecule has 0 aliphatic rings. The van der Waals surface area contributed by atoms with Crippen LogP contribution < -0.4 is 5.32 Å². The number of unbranched alkanes of at least 4 members (excludes halogenated alkanes) is 8. The first-order valence-electron chi connectivity index (χ1n) is 12.6. The van der Waals surface area contributed by atoms with Gasteiger partial charge in [0, 0.05) is 12.8 Å². The number of ether oxygens (including phenoxy) is 1. The third-order valence-corrected chi connectivity index (χ3v) is 6.90. The number of carbonyl (C=O) groups excluding carboxylic acids is 1. The van der Waals surface area contributed by atoms with E-state index < -0.39 is 51.6 Å². The number of carboxylic acid groups (broad SMARTS) is 2. The molecule has 0 spiro atoms. The molecule has 0 aromatic heterocycles. The molecule has 0 saturated heterocycles. The summed E-state index contributed by atoms with van der Waals surface area (Å²) in [6.45, 7) is 3.13. The van der Waals surface area contributed by atoms with E-state index in [-0.39, 0.29) is 12.8 Å². The molecule has 3 atom stereocenters. The Morgan fingerprint density at radius 3 is 2.11 bits per heavy atom. The molecule has 5 N–H and O–H groups in total. The van der Waals surface area contributed by atoms with Crippen molar-refractivity contribution < 1.29 is 47.4 Å². The zero-order valence-electron chi connectivity index (χ0n) is 21.4. The molecule has 0 fully saturated rings. The number of esters is 1. The van der Waals surface area contributed by atoms with Gasteiger partial charge >= 0.3 is 17.9 Å². The van der Waals surface area contributed by atoms with Crippen molar-refractivity contribution in [1.29, 1.82) is 0 Å². The molecule has 0 bridgehead atoms. The van der Waals surface area contributed by atoms with Crippen LogP contribution in [0.4, 0.5) is 0 Å². The molecule has 0 aromatic carbocycles. The summed E-state index contributed by atoms with van der Waals surface area (Å²) in [5.74, 6) is -3.95. The zero-order chi connectivity index (χ0) is 27.6. The lowest BCUT2D eigenvalue weighted by Crippen LogP contribution is -2.62. The number of allylic oxidation sites excluding steroid dienone is 1. The van der Waals surface area contributed by atoms with Crippen molar-refractivity contribution in [2.45, 2.75) is 121 Å². The maximum atomic E-state index is 12.9. The molecule has 2 unspecified atom stereocenters. The molecule has 0 radical (unpaired) electrons. The van der Waals surface area contributed by atoms with E-state index in [0.29, 0.717) is 19.3 Å². The Labute approximate surface area is 214 Å². The highest BCUT2D eigenvalue weighted by Gasteiger charge is 2.55. The second kappa shape index (κ2) is 18.3. The molecule has 36 heavy (non-hydrogen) atoms. The number of nitrogens with one attached hydrogen (secondary N) is 1. The Bertz CT molecular complexity index is 797. The van der Waals surface area contributed by atoms with Crippen LogP contribution >= 0.6 is 0 Å². The minimum Gasteiger partial charge on any atom is -0.481 e. The topological polar surface area (TPSA) is 188 Å². The third kappa shape index (κ3) is 14.5. The maximum absolute atomic E-state index is 12.9. The Morgan fingerprint density at radius 2 is 1.56 bits per heavy atom. The van der Waals surface area contributed by atoms with Crippen LogP contribution in [0.2, 0.25) is 0 Å². The number of hydrogen-bond donors (Lipinski definition) is 5. The predicted molar refractivity (Wildman–Crippen MR) is 134 cm³/mol. The molecule has 0 saturated carbocycles. The molecule has 12 heteroatoms. The van der Waals surface area contributed by atoms with Gasteiger partial charge in [-0.15, -0.1) is 0 Å². The summed E-state index contributed by atoms with van der Waals surface area (Å²) >= 11 is 0. The van der Waals surface area contributed by atoms with Gasteiger partial charge in [0.05, 0.1) is 6.42 Å². The number of rotatable bonds is 22. The average Bonchev–Trinajstić information content (AvgIpc) is 2.75. The van der Waals surface area contributed by atoms with Gasteiger partial charge in [-0.05, 0) is 39.0 Å². The van der Waals surface area contributed by atoms with Gasteiger partial charge < -0.3 is 20.1 Å². The van der Waals surface area contributed by atoms with Gasteiger partial charge in [0.1, 0.15) is 12.3 Å². The van der Waals surface area contributed by atoms with Crippen molar-refractivity contribution in [1.82, 2.24) is 5.32 Å². The highest BCUT2D eigenvalue weighted by molar-refractivity contribution is 7.88. The molecule has 0 heterocycles. The summed E-state index contributed by atoms with van der Waals surface area (Å²) in [5, 5.41) is 29.4. The van der Waals surface area contributed by atoms with E-state index in [2.05, 4.69) is 0 Å². The van der Waals surface area contributed by atoms with Crippen LogP contribution in [0.5, 0.6) is 0 Å². The minimum atomic E-state index is -5.31. The standard InChI is InChI=1S/C24H43NO10S/c1-3-4-5-12-15-20(16-13-10-8-6-7-9-11-14-17-21(27)28)35-23(31)24(18-22(29)30,25-19(2)26)36(32,33)34/h10,13,19-20,25-26H,3-9,11-12,14-18H2,1-2H3,(H,27,28)(H,29,30)(H,32,33,34)/b13-10-/t19?,20-,24?/m1/s1. The van der Waals surface area contributed by atoms with Gasteiger partial charge in [-0.25, -0.2) is 4.79 Å². The summed E-state index contributed by atoms with van der Waals surface area (Å²) in [7, 11) is -5.31. The van der Waals surface area contributed by atoms with Gasteiger partial charge in [-0.2, -0.15) is 8.42 Å². The lowest BCUT2D eigenvalue weighted by molar-refractivity contribution is -0.158. The van der Waals surface area contributed by atoms with Crippen LogP contribution in [0.15, 0.2) is 12.2 Å². The van der Waals surface area contributed by atoms with Crippen LogP contribution in [-0.2, 0) is 29.2 Å². The lowest BCUT2D eigenvalue weighted by atomic mass is 10.1. The monoisotopic (exact) mass is 537 g/mol. The average molecular weight is 538 g/mol. The van der Waals surface area contributed by atoms with Gasteiger partial charge in [0.15, 0.2) is 0 Å². The number of carbonyl (C=O) groups is 3. The van der Waals surface area contributed by atoms with E-state index >= 15 is 0 Å². The zero-order valence-corrected chi connectivity index (χ0v) is 22.2. The van der Waals surface area contributed by atoms with Crippen molar-refractivity contribution >= 4 is 28.0 Å². The molecule has 0 amide bonds. The van der Waals surface area contributed by atoms with E-state index in [9.17, 15) is 37.6 Å². The van der Waals surface area contributed by atoms with Gasteiger partial charge in [0.2, 0.25) is 0 Å². The van der Waals surface area contributed by atoms with E-state index in [1.165, 1.54) is 0 Å². The van der Waals surface area contributed by atoms with Gasteiger partial charge in [0.25, 0.3) is 15.0 Å². The second-order valence-electron chi connectivity index (χ2n) is 8.98. The smallest absolute Gasteiger partial charge is 0.345 e. The van der Waals surface area contributed by atoms with Crippen LogP contribution in [0.25, 0.3) is 0 Å². The van der Waals surface area contributed by atoms with E-state index in [0.717, 1.165) is 58.3 Å². The maximum Gasteiger partial charge on any atom is 0.345 e. The molecule has 0 aliphatic heterocycles. The second-order valence-corrected chi connectivity index (χ2v) is 10.6. The Kier molecular flexibility index (Phi) is 17.2. The Hall–Kier alpha value is -2.02. The number of aliphatic carboxylic acids is 2. The van der Waals surface area contributed by atoms with Crippen LogP contribution in [0.1, 0.15) is 104 Å². The summed E-state index contributed by atoms with van der Waals surface area (Å²) < 4.78 is 39.3. The van der Waals surface area contributed by atoms with Crippen LogP contribution in [0, 0.1) is 0 Å². The third-order valence-electron chi connectivity index (χ3n) is 5.59. The molecular weight excluding hydrogens is 494 g/mol. The van der Waals surface area contributed by atoms with Crippen LogP contribution in [-0.4, -0.2) is 63.4 Å². The van der Waals surface area contributed by atoms with E-state index in [4.69, 9.17) is 9.84 Å². The fourth-order valence-electron chi connectivity index (χ4n) is 3.71. The van der Waals surface area contributed by atoms with Crippen molar-refractivity contribution in [3.63, 3.8) is 0 Å². The fourth-order valence-corrected chi connectivity index (χ4v) is 4.59. The molecule has 0 rings (SSSR count). The molecule has 11 nitrogen and oxygen atoms in total. The summed E-state index contributed by atoms with van der Waals surface area (Å²) in [4.78, 5) is 31.7. The molecule has 0 aromatic rings. The first-order valence-corrected chi connectivity index (χ1v) is 14.0. The summed E-state index contributed by atoms with van der Waals surface area (Å²) in [5.41, 5.74) is 0. The highest BCUT2D eigenvalue weighted by Crippen LogP contribution is 2.24. The van der Waals surface area contributed by atoms with Crippen molar-refractivity contribution in [3.05, 3.63) is 12.2 Å². The normalized spacial score (nSPS) is 15.3. The number of hydrogen-bond acceptors (Lipinski definition) is 8. The molecular formula is C24H43NO10S. The van der Waals surface area contributed by atoms with E-state index in [1.54, 1.807) is 0 Å². The van der Waals surface area contributed by atoms with Crippen molar-refractivity contribution in [2.24, 2.45) is 0 Å². The van der Waals surface area contributed by atoms with Gasteiger partial charge in [-0.3, -0.25) is 19.5 Å². The number of aliphatic hydroxyl groups excluding tert-OH is 1. The van der Waals surface area contributed by atoms with Crippen LogP contribution in [0.3, 0.4) is 0 Å². The predicted octanol–water partition coefficient (Wildman–Crippen LogP) is 3.62. The largest absolute Gasteiger partial charge is 0.481 e. The summed E-state index contributed by atoms with van der Waals surface area (Å²) in [6, 6.07) is 0. The quantitative estimate of drug-likeness (QED) is 0.0446. The molecule has 210 valence electrons. The van der Waals surface area contributed by atoms with Crippen molar-refractivity contribution in [2.75, 3.05) is 0 Å². The first-order chi connectivity index (χ1) is 16.9. The lowest BCUT2D eigenvalue weighted by Gasteiger charge is -2.31. The fraction of sp³-hybridized carbons (Fsp3) is 0.792. The summed E-state index contributed by atoms with van der Waals surface area (Å²) in [6.07, 6.45) is 9.56. The van der Waals surface area contributed by atoms with Gasteiger partial charge in [-0.1, -0.05) is 57.6 Å². The minimum absolute atomic E-state index is 0.177. The first kappa shape index (κ1) is 34.0. The Balaban J connectivity index is 5.17. The molecule has 0 aliphatic carbocycles. The Morgan fingerprint density at radius 1 is 0.944 bits per heavy atom. The number of aliphatic hydroxyl groups is 1. The SMILES string of the molecule is CCCCCC[C@H](C/C=C\CCCCCCCC(=O)O)OC(=O)C(CC(=O)O)(NC(C)O)S(=O)(=O)O. The number of carboxylic acids is 2. The van der Waals surface area contributed by atoms with Crippen molar-refractivity contribution in [3.8, 4) is 0 Å².